The van der Waals surface area contributed by atoms with E-state index in [4.69, 9.17) is 4.98 Å². The minimum Gasteiger partial charge on any atom is -0.340 e. The minimum absolute atomic E-state index is 0.337. The normalized spacial score (nSPS) is 23.9. The Morgan fingerprint density at radius 1 is 0.971 bits per heavy atom. The number of fused-ring (bicyclic) bond motifs is 1. The first kappa shape index (κ1) is 23.9. The molecule has 1 heterocycles. The lowest BCUT2D eigenvalue weighted by Crippen LogP contribution is -2.41. The number of aryl methyl sites for hydroxylation is 1. The first-order valence-corrected chi connectivity index (χ1v) is 14.5. The average Bonchev–Trinajstić information content (AvgIpc) is 3.66. The van der Waals surface area contributed by atoms with Gasteiger partial charge < -0.3 is 9.47 Å². The van der Waals surface area contributed by atoms with Crippen molar-refractivity contribution in [1.29, 1.82) is 0 Å². The van der Waals surface area contributed by atoms with Gasteiger partial charge in [-0.3, -0.25) is 4.79 Å². The molecule has 34 heavy (non-hydrogen) atoms. The monoisotopic (exact) mass is 463 g/mol. The molecule has 0 radical (unpaired) electrons. The summed E-state index contributed by atoms with van der Waals surface area (Å²) in [6.07, 6.45) is 17.3. The predicted octanol–water partition coefficient (Wildman–Crippen LogP) is 7.56. The zero-order valence-electron chi connectivity index (χ0n) is 21.6. The highest BCUT2D eigenvalue weighted by Crippen LogP contribution is 2.42. The second kappa shape index (κ2) is 10.8. The lowest BCUT2D eigenvalue weighted by molar-refractivity contribution is -0.134. The van der Waals surface area contributed by atoms with Crippen LogP contribution in [0.15, 0.2) is 18.2 Å². The van der Waals surface area contributed by atoms with Crippen molar-refractivity contribution in [1.82, 2.24) is 14.5 Å². The number of hydrogen-bond donors (Lipinski definition) is 0. The van der Waals surface area contributed by atoms with Crippen LogP contribution in [0.1, 0.15) is 127 Å². The van der Waals surface area contributed by atoms with Crippen LogP contribution >= 0.6 is 0 Å². The van der Waals surface area contributed by atoms with Crippen molar-refractivity contribution in [2.45, 2.75) is 128 Å². The summed E-state index contributed by atoms with van der Waals surface area (Å²) in [5.74, 6) is 3.78. The minimum atomic E-state index is 0.337. The van der Waals surface area contributed by atoms with Crippen LogP contribution in [0.4, 0.5) is 0 Å². The summed E-state index contributed by atoms with van der Waals surface area (Å²) in [4.78, 5) is 20.8. The van der Waals surface area contributed by atoms with Crippen molar-refractivity contribution in [2.24, 2.45) is 5.92 Å². The highest BCUT2D eigenvalue weighted by Gasteiger charge is 2.29. The summed E-state index contributed by atoms with van der Waals surface area (Å²) in [7, 11) is 0. The largest absolute Gasteiger partial charge is 0.340 e. The van der Waals surface area contributed by atoms with Crippen LogP contribution in [0.5, 0.6) is 0 Å². The number of hydrogen-bond acceptors (Lipinski definition) is 2. The van der Waals surface area contributed by atoms with Crippen LogP contribution in [0, 0.1) is 5.92 Å². The fourth-order valence-corrected chi connectivity index (χ4v) is 6.88. The van der Waals surface area contributed by atoms with Crippen LogP contribution in [0.3, 0.4) is 0 Å². The maximum atomic E-state index is 13.4. The number of rotatable bonds is 9. The third-order valence-electron chi connectivity index (χ3n) is 8.99. The number of nitrogens with zero attached hydrogens (tertiary/aromatic N) is 3. The molecule has 0 bridgehead atoms. The molecule has 1 aromatic carbocycles. The molecule has 2 aromatic rings. The third-order valence-corrected chi connectivity index (χ3v) is 8.99. The van der Waals surface area contributed by atoms with Crippen molar-refractivity contribution in [3.05, 3.63) is 29.6 Å². The van der Waals surface area contributed by atoms with E-state index < -0.39 is 0 Å². The van der Waals surface area contributed by atoms with E-state index in [-0.39, 0.29) is 0 Å². The van der Waals surface area contributed by atoms with Gasteiger partial charge in [0, 0.05) is 31.5 Å². The number of imidazole rings is 1. The van der Waals surface area contributed by atoms with E-state index in [1.807, 2.05) is 0 Å². The second-order valence-electron chi connectivity index (χ2n) is 11.4. The fraction of sp³-hybridized carbons (Fsp3) is 0.733. The molecule has 4 heteroatoms. The number of carbonyl (C=O) groups is 1. The highest BCUT2D eigenvalue weighted by molar-refractivity contribution is 5.79. The number of benzene rings is 1. The maximum absolute atomic E-state index is 13.4. The number of aromatic nitrogens is 2. The van der Waals surface area contributed by atoms with E-state index in [2.05, 4.69) is 41.5 Å². The van der Waals surface area contributed by atoms with Crippen molar-refractivity contribution in [3.8, 4) is 0 Å². The number of carbonyl (C=O) groups excluding carboxylic acids is 1. The van der Waals surface area contributed by atoms with E-state index in [1.54, 1.807) is 0 Å². The summed E-state index contributed by atoms with van der Waals surface area (Å²) in [5, 5.41) is 0. The molecular weight excluding hydrogens is 418 g/mol. The van der Waals surface area contributed by atoms with Crippen molar-refractivity contribution in [3.63, 3.8) is 0 Å². The fourth-order valence-electron chi connectivity index (χ4n) is 6.88. The van der Waals surface area contributed by atoms with E-state index in [0.717, 1.165) is 30.4 Å². The predicted molar refractivity (Wildman–Crippen MR) is 140 cm³/mol. The van der Waals surface area contributed by atoms with Crippen LogP contribution in [-0.2, 0) is 11.3 Å². The SMILES string of the molecule is CCCC1CCC(c2nc3cc(C4CC4)ccc3n2CCC(=O)N(CC)C2CCCCC2)CC1. The van der Waals surface area contributed by atoms with Crippen molar-refractivity contribution < 1.29 is 4.79 Å². The molecule has 186 valence electrons. The smallest absolute Gasteiger partial charge is 0.224 e. The molecule has 1 amide bonds. The molecule has 3 fully saturated rings. The molecule has 1 aromatic heterocycles. The van der Waals surface area contributed by atoms with E-state index in [0.29, 0.717) is 24.3 Å². The Morgan fingerprint density at radius 3 is 2.38 bits per heavy atom. The first-order valence-electron chi connectivity index (χ1n) is 14.5. The molecule has 0 atom stereocenters. The molecule has 3 saturated carbocycles. The summed E-state index contributed by atoms with van der Waals surface area (Å²) in [5.41, 5.74) is 3.85. The summed E-state index contributed by atoms with van der Waals surface area (Å²) in [6.45, 7) is 6.07. The summed E-state index contributed by atoms with van der Waals surface area (Å²) in [6, 6.07) is 7.42. The van der Waals surface area contributed by atoms with Gasteiger partial charge in [-0.2, -0.15) is 0 Å². The van der Waals surface area contributed by atoms with Crippen LogP contribution in [-0.4, -0.2) is 32.9 Å². The second-order valence-corrected chi connectivity index (χ2v) is 11.4. The Kier molecular flexibility index (Phi) is 7.61. The third kappa shape index (κ3) is 5.21. The van der Waals surface area contributed by atoms with Gasteiger partial charge in [0.25, 0.3) is 0 Å². The Balaban J connectivity index is 1.36. The van der Waals surface area contributed by atoms with Gasteiger partial charge in [0.1, 0.15) is 5.82 Å². The Morgan fingerprint density at radius 2 is 1.71 bits per heavy atom. The zero-order valence-corrected chi connectivity index (χ0v) is 21.6. The topological polar surface area (TPSA) is 38.1 Å². The van der Waals surface area contributed by atoms with Gasteiger partial charge in [0.05, 0.1) is 11.0 Å². The van der Waals surface area contributed by atoms with E-state index in [1.165, 1.54) is 100 Å². The van der Waals surface area contributed by atoms with Gasteiger partial charge in [-0.15, -0.1) is 0 Å². The quantitative estimate of drug-likeness (QED) is 0.385. The molecule has 0 aliphatic heterocycles. The maximum Gasteiger partial charge on any atom is 0.224 e. The van der Waals surface area contributed by atoms with Crippen LogP contribution < -0.4 is 0 Å². The van der Waals surface area contributed by atoms with E-state index >= 15 is 0 Å². The van der Waals surface area contributed by atoms with Crippen molar-refractivity contribution >= 4 is 16.9 Å². The van der Waals surface area contributed by atoms with Gasteiger partial charge >= 0.3 is 0 Å². The Hall–Kier alpha value is -1.84. The van der Waals surface area contributed by atoms with Crippen LogP contribution in [0.25, 0.3) is 11.0 Å². The summed E-state index contributed by atoms with van der Waals surface area (Å²) < 4.78 is 2.43. The molecule has 0 saturated heterocycles. The summed E-state index contributed by atoms with van der Waals surface area (Å²) >= 11 is 0. The lowest BCUT2D eigenvalue weighted by atomic mass is 9.79. The average molecular weight is 464 g/mol. The molecule has 0 spiro atoms. The molecular formula is C30H45N3O. The van der Waals surface area contributed by atoms with Crippen molar-refractivity contribution in [2.75, 3.05) is 6.54 Å². The Labute approximate surface area is 206 Å². The molecule has 0 unspecified atom stereocenters. The molecule has 4 nitrogen and oxygen atoms in total. The molecule has 5 rings (SSSR count). The first-order chi connectivity index (χ1) is 16.7. The molecule has 3 aliphatic rings. The lowest BCUT2D eigenvalue weighted by Gasteiger charge is -2.34. The Bertz CT molecular complexity index is 961. The van der Waals surface area contributed by atoms with Gasteiger partial charge in [-0.1, -0.05) is 45.1 Å². The standard InChI is InChI=1S/C30H45N3O/c1-3-8-22-11-13-24(14-12-22)30-31-27-21-25(23-15-16-23)17-18-28(27)33(30)20-19-29(34)32(4-2)26-9-6-5-7-10-26/h17-18,21-24,26H,3-16,19-20H2,1-2H3. The molecule has 0 N–H and O–H groups in total. The van der Waals surface area contributed by atoms with Gasteiger partial charge in [-0.25, -0.2) is 4.98 Å². The van der Waals surface area contributed by atoms with Gasteiger partial charge in [0.2, 0.25) is 5.91 Å². The van der Waals surface area contributed by atoms with Crippen LogP contribution in [0.2, 0.25) is 0 Å². The van der Waals surface area contributed by atoms with Gasteiger partial charge in [0.15, 0.2) is 0 Å². The highest BCUT2D eigenvalue weighted by atomic mass is 16.2. The zero-order chi connectivity index (χ0) is 23.5. The van der Waals surface area contributed by atoms with Gasteiger partial charge in [-0.05, 0) is 87.8 Å². The molecule has 3 aliphatic carbocycles. The van der Waals surface area contributed by atoms with E-state index in [9.17, 15) is 4.79 Å². The number of amides is 1.